The maximum absolute atomic E-state index is 2.50. The molecule has 0 aromatic heterocycles. The fourth-order valence-corrected chi connectivity index (χ4v) is 2.90. The lowest BCUT2D eigenvalue weighted by atomic mass is 9.72. The predicted octanol–water partition coefficient (Wildman–Crippen LogP) is 4.34. The molecule has 0 aliphatic carbocycles. The lowest BCUT2D eigenvalue weighted by Gasteiger charge is -2.34. The van der Waals surface area contributed by atoms with Crippen molar-refractivity contribution in [3.05, 3.63) is 0 Å². The second-order valence-corrected chi connectivity index (χ2v) is 6.94. The van der Waals surface area contributed by atoms with Crippen molar-refractivity contribution in [2.45, 2.75) is 74.1 Å². The van der Waals surface area contributed by atoms with E-state index in [1.54, 1.807) is 0 Å². The van der Waals surface area contributed by atoms with Gasteiger partial charge in [-0.2, -0.15) is 0 Å². The first-order valence-corrected chi connectivity index (χ1v) is 6.75. The lowest BCUT2D eigenvalue weighted by Crippen LogP contribution is -2.22. The normalized spacial score (nSPS) is 12.4. The highest BCUT2D eigenvalue weighted by Gasteiger charge is 2.26. The van der Waals surface area contributed by atoms with Crippen LogP contribution >= 0.6 is 0 Å². The topological polar surface area (TPSA) is 0 Å². The molecule has 0 aromatic carbocycles. The lowest BCUT2D eigenvalue weighted by molar-refractivity contribution is 0.178. The molecule has 0 rings (SSSR count). The summed E-state index contributed by atoms with van der Waals surface area (Å²) in [4.78, 5) is 0. The molecule has 0 aliphatic rings. The highest BCUT2D eigenvalue weighted by Crippen LogP contribution is 2.38. The van der Waals surface area contributed by atoms with E-state index in [1.165, 1.54) is 25.7 Å². The molecule has 0 aliphatic heterocycles. The Bertz CT molecular complexity index is 149. The summed E-state index contributed by atoms with van der Waals surface area (Å²) in [5.41, 5.74) is 0.576. The van der Waals surface area contributed by atoms with Gasteiger partial charge in [0.05, 0.1) is 0 Å². The van der Waals surface area contributed by atoms with Crippen LogP contribution in [0.15, 0.2) is 0 Å². The van der Waals surface area contributed by atoms with E-state index >= 15 is 0 Å². The van der Waals surface area contributed by atoms with Crippen LogP contribution in [0.2, 0.25) is 0 Å². The van der Waals surface area contributed by atoms with Gasteiger partial charge in [0.1, 0.15) is 0 Å². The zero-order valence-electron chi connectivity index (χ0n) is 12.1. The fraction of sp³-hybridized carbons (Fsp3) is 1.00. The summed E-state index contributed by atoms with van der Waals surface area (Å²) < 4.78 is 0. The van der Waals surface area contributed by atoms with Crippen molar-refractivity contribution in [3.8, 4) is 0 Å². The van der Waals surface area contributed by atoms with Gasteiger partial charge in [0.15, 0.2) is 17.4 Å². The Labute approximate surface area is 115 Å². The maximum Gasteiger partial charge on any atom is 0.187 e. The highest BCUT2D eigenvalue weighted by atomic mass is 27.0. The second kappa shape index (κ2) is 8.60. The molecule has 0 aromatic rings. The third-order valence-corrected chi connectivity index (χ3v) is 3.13. The molecule has 0 N–H and O–H groups in total. The molecule has 1 heteroatoms. The van der Waals surface area contributed by atoms with E-state index in [1.807, 2.05) is 0 Å². The van der Waals surface area contributed by atoms with Crippen LogP contribution in [0.25, 0.3) is 0 Å². The average molecular weight is 242 g/mol. The molecule has 0 spiro atoms. The molecule has 0 atom stereocenters. The summed E-state index contributed by atoms with van der Waals surface area (Å²) in [6.45, 7) is 16.6. The Morgan fingerprint density at radius 1 is 0.750 bits per heavy atom. The SMILES string of the molecule is CC(C)CCC(C)(CC(C)C)CC(C)C.[AlH3]. The van der Waals surface area contributed by atoms with Crippen molar-refractivity contribution in [2.24, 2.45) is 23.2 Å². The van der Waals surface area contributed by atoms with Crippen LogP contribution in [-0.2, 0) is 0 Å². The Hall–Kier alpha value is 0.532. The van der Waals surface area contributed by atoms with Gasteiger partial charge in [-0.15, -0.1) is 0 Å². The van der Waals surface area contributed by atoms with Gasteiger partial charge in [-0.05, 0) is 42.4 Å². The minimum absolute atomic E-state index is 0. The molecule has 16 heavy (non-hydrogen) atoms. The quantitative estimate of drug-likeness (QED) is 0.583. The molecular formula is C15H35Al. The fourth-order valence-electron chi connectivity index (χ4n) is 2.90. The molecule has 0 saturated heterocycles. The average Bonchev–Trinajstić information content (AvgIpc) is 1.97. The molecule has 0 nitrogen and oxygen atoms in total. The molecule has 0 bridgehead atoms. The summed E-state index contributed by atoms with van der Waals surface area (Å²) in [6.07, 6.45) is 5.56. The van der Waals surface area contributed by atoms with E-state index in [2.05, 4.69) is 48.5 Å². The minimum atomic E-state index is 0. The summed E-state index contributed by atoms with van der Waals surface area (Å²) in [7, 11) is 0. The molecule has 0 radical (unpaired) electrons. The third-order valence-electron chi connectivity index (χ3n) is 3.13. The third kappa shape index (κ3) is 9.74. The zero-order valence-corrected chi connectivity index (χ0v) is 12.1. The minimum Gasteiger partial charge on any atom is -0.0628 e. The van der Waals surface area contributed by atoms with Gasteiger partial charge in [-0.3, -0.25) is 0 Å². The molecule has 0 saturated carbocycles. The monoisotopic (exact) mass is 242 g/mol. The molecule has 0 unspecified atom stereocenters. The summed E-state index contributed by atoms with van der Waals surface area (Å²) in [6, 6.07) is 0. The van der Waals surface area contributed by atoms with Gasteiger partial charge in [-0.1, -0.05) is 54.9 Å². The largest absolute Gasteiger partial charge is 0.187 e. The van der Waals surface area contributed by atoms with Gasteiger partial charge in [-0.25, -0.2) is 0 Å². The van der Waals surface area contributed by atoms with Crippen molar-refractivity contribution in [2.75, 3.05) is 0 Å². The van der Waals surface area contributed by atoms with Gasteiger partial charge in [0, 0.05) is 0 Å². The van der Waals surface area contributed by atoms with Gasteiger partial charge in [0.25, 0.3) is 0 Å². The van der Waals surface area contributed by atoms with Gasteiger partial charge >= 0.3 is 0 Å². The Morgan fingerprint density at radius 3 is 1.38 bits per heavy atom. The van der Waals surface area contributed by atoms with Crippen molar-refractivity contribution in [1.82, 2.24) is 0 Å². The molecule has 0 amide bonds. The Morgan fingerprint density at radius 2 is 1.12 bits per heavy atom. The van der Waals surface area contributed by atoms with Crippen LogP contribution < -0.4 is 0 Å². The Balaban J connectivity index is 0. The first-order chi connectivity index (χ1) is 6.75. The molecule has 0 heterocycles. The smallest absolute Gasteiger partial charge is 0.0628 e. The van der Waals surface area contributed by atoms with E-state index < -0.39 is 0 Å². The first-order valence-electron chi connectivity index (χ1n) is 6.75. The van der Waals surface area contributed by atoms with E-state index in [4.69, 9.17) is 0 Å². The van der Waals surface area contributed by atoms with Crippen LogP contribution in [0.1, 0.15) is 74.1 Å². The van der Waals surface area contributed by atoms with Crippen molar-refractivity contribution >= 4 is 17.4 Å². The predicted molar refractivity (Wildman–Crippen MR) is 81.0 cm³/mol. The van der Waals surface area contributed by atoms with Crippen LogP contribution in [0, 0.1) is 23.2 Å². The molecule has 98 valence electrons. The standard InChI is InChI=1S/C15H32.Al.3H/c1-12(2)8-9-15(7,10-13(3)4)11-14(5)6;;;;/h12-14H,8-11H2,1-7H3;;;;. The number of hydrogen-bond donors (Lipinski definition) is 0. The summed E-state index contributed by atoms with van der Waals surface area (Å²) in [5, 5.41) is 0. The zero-order chi connectivity index (χ0) is 12.1. The van der Waals surface area contributed by atoms with E-state index in [9.17, 15) is 0 Å². The summed E-state index contributed by atoms with van der Waals surface area (Å²) >= 11 is 0. The van der Waals surface area contributed by atoms with Crippen molar-refractivity contribution in [3.63, 3.8) is 0 Å². The number of rotatable bonds is 7. The Kier molecular flexibility index (Phi) is 10.1. The highest BCUT2D eigenvalue weighted by molar-refractivity contribution is 5.75. The van der Waals surface area contributed by atoms with Crippen LogP contribution in [0.4, 0.5) is 0 Å². The summed E-state index contributed by atoms with van der Waals surface area (Å²) in [5.74, 6) is 2.52. The van der Waals surface area contributed by atoms with Crippen molar-refractivity contribution < 1.29 is 0 Å². The molecular weight excluding hydrogens is 207 g/mol. The van der Waals surface area contributed by atoms with E-state index in [0.717, 1.165) is 17.8 Å². The van der Waals surface area contributed by atoms with E-state index in [-0.39, 0.29) is 17.4 Å². The van der Waals surface area contributed by atoms with Crippen LogP contribution in [0.5, 0.6) is 0 Å². The number of hydrogen-bond acceptors (Lipinski definition) is 0. The van der Waals surface area contributed by atoms with Crippen LogP contribution in [-0.4, -0.2) is 17.4 Å². The van der Waals surface area contributed by atoms with Gasteiger partial charge < -0.3 is 0 Å². The van der Waals surface area contributed by atoms with Crippen LogP contribution in [0.3, 0.4) is 0 Å². The van der Waals surface area contributed by atoms with Crippen molar-refractivity contribution in [1.29, 1.82) is 0 Å². The van der Waals surface area contributed by atoms with Gasteiger partial charge in [0.2, 0.25) is 0 Å². The first kappa shape index (κ1) is 18.9. The van der Waals surface area contributed by atoms with E-state index in [0.29, 0.717) is 5.41 Å². The second-order valence-electron chi connectivity index (χ2n) is 6.94. The maximum atomic E-state index is 2.50. The molecule has 0 fully saturated rings.